The molecule has 1 aliphatic heterocycles. The quantitative estimate of drug-likeness (QED) is 0.839. The molecule has 0 N–H and O–H groups in total. The van der Waals surface area contributed by atoms with Crippen molar-refractivity contribution in [3.63, 3.8) is 0 Å². The molecule has 1 amide bonds. The number of amides is 1. The predicted molar refractivity (Wildman–Crippen MR) is 83.3 cm³/mol. The van der Waals surface area contributed by atoms with Gasteiger partial charge in [-0.1, -0.05) is 6.92 Å². The second-order valence-corrected chi connectivity index (χ2v) is 7.61. The van der Waals surface area contributed by atoms with Crippen molar-refractivity contribution in [2.75, 3.05) is 13.1 Å². The Morgan fingerprint density at radius 3 is 2.81 bits per heavy atom. The Hall–Kier alpha value is -1.32. The minimum atomic E-state index is 0.0309. The molecule has 3 rings (SSSR count). The third-order valence-corrected chi connectivity index (χ3v) is 4.90. The molecule has 0 bridgehead atoms. The number of aromatic nitrogens is 2. The number of carbonyl (C=O) groups is 1. The Labute approximate surface area is 127 Å². The van der Waals surface area contributed by atoms with Crippen LogP contribution in [0.1, 0.15) is 64.1 Å². The highest BCUT2D eigenvalue weighted by Gasteiger charge is 2.41. The van der Waals surface area contributed by atoms with Crippen LogP contribution in [0.2, 0.25) is 0 Å². The molecule has 116 valence electrons. The minimum absolute atomic E-state index is 0.0309. The summed E-state index contributed by atoms with van der Waals surface area (Å²) in [5.74, 6) is 1.39. The van der Waals surface area contributed by atoms with E-state index in [2.05, 4.69) is 43.5 Å². The summed E-state index contributed by atoms with van der Waals surface area (Å²) in [6.07, 6.45) is 6.16. The van der Waals surface area contributed by atoms with Crippen LogP contribution in [0.25, 0.3) is 0 Å². The van der Waals surface area contributed by atoms with E-state index < -0.39 is 0 Å². The number of fused-ring (bicyclic) bond motifs is 3. The Kier molecular flexibility index (Phi) is 3.58. The zero-order valence-corrected chi connectivity index (χ0v) is 13.7. The highest BCUT2D eigenvalue weighted by atomic mass is 16.2. The summed E-state index contributed by atoms with van der Waals surface area (Å²) < 4.78 is 2.11. The van der Waals surface area contributed by atoms with Crippen molar-refractivity contribution in [1.82, 2.24) is 14.7 Å². The van der Waals surface area contributed by atoms with Crippen molar-refractivity contribution in [3.05, 3.63) is 17.5 Å². The number of hydrogen-bond donors (Lipinski definition) is 0. The zero-order chi connectivity index (χ0) is 15.2. The normalized spacial score (nSPS) is 24.9. The van der Waals surface area contributed by atoms with Gasteiger partial charge in [-0.2, -0.15) is 5.10 Å². The molecule has 0 radical (unpaired) electrons. The first-order chi connectivity index (χ1) is 9.90. The van der Waals surface area contributed by atoms with Gasteiger partial charge in [0.05, 0.1) is 11.2 Å². The molecule has 0 aromatic carbocycles. The topological polar surface area (TPSA) is 38.1 Å². The average molecular weight is 289 g/mol. The van der Waals surface area contributed by atoms with Gasteiger partial charge in [0, 0.05) is 31.6 Å². The molecule has 2 heterocycles. The first kappa shape index (κ1) is 14.6. The van der Waals surface area contributed by atoms with E-state index in [0.29, 0.717) is 24.2 Å². The van der Waals surface area contributed by atoms with Crippen LogP contribution in [-0.4, -0.2) is 33.7 Å². The highest BCUT2D eigenvalue weighted by molar-refractivity contribution is 5.76. The molecule has 2 aliphatic rings. The molecule has 21 heavy (non-hydrogen) atoms. The number of hydrogen-bond acceptors (Lipinski definition) is 2. The first-order valence-electron chi connectivity index (χ1n) is 8.27. The van der Waals surface area contributed by atoms with Gasteiger partial charge in [0.2, 0.25) is 5.91 Å². The van der Waals surface area contributed by atoms with Crippen molar-refractivity contribution in [2.45, 2.75) is 64.8 Å². The summed E-state index contributed by atoms with van der Waals surface area (Å²) in [6.45, 7) is 10.4. The van der Waals surface area contributed by atoms with Crippen LogP contribution in [0, 0.1) is 5.92 Å². The third-order valence-electron chi connectivity index (χ3n) is 4.90. The summed E-state index contributed by atoms with van der Waals surface area (Å²) in [4.78, 5) is 14.2. The van der Waals surface area contributed by atoms with E-state index in [1.165, 1.54) is 17.7 Å². The maximum Gasteiger partial charge on any atom is 0.222 e. The van der Waals surface area contributed by atoms with Crippen LogP contribution >= 0.6 is 0 Å². The number of nitrogens with zero attached hydrogens (tertiary/aromatic N) is 3. The van der Waals surface area contributed by atoms with Crippen LogP contribution in [0.5, 0.6) is 0 Å². The lowest BCUT2D eigenvalue weighted by molar-refractivity contribution is -0.130. The second kappa shape index (κ2) is 5.15. The summed E-state index contributed by atoms with van der Waals surface area (Å²) in [7, 11) is 0. The maximum atomic E-state index is 12.2. The molecule has 1 aliphatic carbocycles. The van der Waals surface area contributed by atoms with E-state index in [1.54, 1.807) is 0 Å². The fraction of sp³-hybridized carbons (Fsp3) is 0.765. The Balaban J connectivity index is 1.83. The molecule has 4 heteroatoms. The van der Waals surface area contributed by atoms with Gasteiger partial charge in [0.15, 0.2) is 0 Å². The van der Waals surface area contributed by atoms with Gasteiger partial charge in [-0.05, 0) is 51.5 Å². The van der Waals surface area contributed by atoms with Gasteiger partial charge in [0.25, 0.3) is 0 Å². The minimum Gasteiger partial charge on any atom is -0.342 e. The second-order valence-electron chi connectivity index (χ2n) is 7.61. The van der Waals surface area contributed by atoms with Gasteiger partial charge in [-0.15, -0.1) is 0 Å². The molecule has 2 atom stereocenters. The van der Waals surface area contributed by atoms with Crippen LogP contribution in [0.4, 0.5) is 0 Å². The molecule has 1 saturated heterocycles. The third kappa shape index (κ3) is 2.60. The Morgan fingerprint density at radius 1 is 1.38 bits per heavy atom. The van der Waals surface area contributed by atoms with Gasteiger partial charge in [-0.3, -0.25) is 9.48 Å². The van der Waals surface area contributed by atoms with Crippen LogP contribution in [0.15, 0.2) is 6.20 Å². The van der Waals surface area contributed by atoms with Crippen molar-refractivity contribution in [1.29, 1.82) is 0 Å². The summed E-state index contributed by atoms with van der Waals surface area (Å²) >= 11 is 0. The average Bonchev–Trinajstić information content (AvgIpc) is 3.01. The van der Waals surface area contributed by atoms with Gasteiger partial charge >= 0.3 is 0 Å². The zero-order valence-electron chi connectivity index (χ0n) is 13.7. The Bertz CT molecular complexity index is 541. The van der Waals surface area contributed by atoms with Gasteiger partial charge < -0.3 is 4.90 Å². The monoisotopic (exact) mass is 289 g/mol. The lowest BCUT2D eigenvalue weighted by Gasteiger charge is -2.22. The van der Waals surface area contributed by atoms with Crippen LogP contribution in [-0.2, 0) is 16.8 Å². The van der Waals surface area contributed by atoms with E-state index in [-0.39, 0.29) is 5.54 Å². The van der Waals surface area contributed by atoms with E-state index in [0.717, 1.165) is 25.9 Å². The summed E-state index contributed by atoms with van der Waals surface area (Å²) in [5, 5.41) is 4.88. The molecule has 1 aromatic heterocycles. The SMILES string of the molecule is CCCC(=O)N1C[C@H]2CCc3cn(C(C)(C)C)nc3[C@H]2C1. The number of carbonyl (C=O) groups excluding carboxylic acids is 1. The van der Waals surface area contributed by atoms with Crippen LogP contribution < -0.4 is 0 Å². The fourth-order valence-corrected chi connectivity index (χ4v) is 3.66. The molecule has 0 saturated carbocycles. The molecule has 0 unspecified atom stereocenters. The summed E-state index contributed by atoms with van der Waals surface area (Å²) in [6, 6.07) is 0. The van der Waals surface area contributed by atoms with Gasteiger partial charge in [-0.25, -0.2) is 0 Å². The van der Waals surface area contributed by atoms with E-state index in [4.69, 9.17) is 5.10 Å². The van der Waals surface area contributed by atoms with E-state index in [9.17, 15) is 4.79 Å². The van der Waals surface area contributed by atoms with Crippen molar-refractivity contribution in [2.24, 2.45) is 5.92 Å². The lowest BCUT2D eigenvalue weighted by atomic mass is 9.81. The smallest absolute Gasteiger partial charge is 0.222 e. The molecule has 0 spiro atoms. The fourth-order valence-electron chi connectivity index (χ4n) is 3.66. The highest BCUT2D eigenvalue weighted by Crippen LogP contribution is 2.41. The van der Waals surface area contributed by atoms with Crippen molar-refractivity contribution in [3.8, 4) is 0 Å². The van der Waals surface area contributed by atoms with Crippen molar-refractivity contribution < 1.29 is 4.79 Å². The standard InChI is InChI=1S/C17H27N3O/c1-5-6-15(21)19-9-12-7-8-13-10-20(17(2,3)4)18-16(13)14(12)11-19/h10,12,14H,5-9,11H2,1-4H3/t12-,14+/m1/s1. The molecule has 4 nitrogen and oxygen atoms in total. The molecule has 1 aromatic rings. The first-order valence-corrected chi connectivity index (χ1v) is 8.27. The van der Waals surface area contributed by atoms with E-state index in [1.807, 2.05) is 0 Å². The predicted octanol–water partition coefficient (Wildman–Crippen LogP) is 2.93. The van der Waals surface area contributed by atoms with Crippen LogP contribution in [0.3, 0.4) is 0 Å². The number of rotatable bonds is 2. The molecular formula is C17H27N3O. The largest absolute Gasteiger partial charge is 0.342 e. The van der Waals surface area contributed by atoms with Crippen molar-refractivity contribution >= 4 is 5.91 Å². The molecule has 1 fully saturated rings. The lowest BCUT2D eigenvalue weighted by Crippen LogP contribution is -2.28. The molecular weight excluding hydrogens is 262 g/mol. The number of aryl methyl sites for hydroxylation is 1. The van der Waals surface area contributed by atoms with E-state index >= 15 is 0 Å². The summed E-state index contributed by atoms with van der Waals surface area (Å²) in [5.41, 5.74) is 2.69. The number of likely N-dealkylation sites (tertiary alicyclic amines) is 1. The van der Waals surface area contributed by atoms with Gasteiger partial charge in [0.1, 0.15) is 0 Å². The maximum absolute atomic E-state index is 12.2. The Morgan fingerprint density at radius 2 is 2.14 bits per heavy atom.